The van der Waals surface area contributed by atoms with Crippen molar-refractivity contribution in [3.05, 3.63) is 65.5 Å². The molecule has 1 aliphatic carbocycles. The summed E-state index contributed by atoms with van der Waals surface area (Å²) >= 11 is 0. The fourth-order valence-electron chi connectivity index (χ4n) is 5.88. The van der Waals surface area contributed by atoms with Gasteiger partial charge in [0.05, 0.1) is 18.3 Å². The fraction of sp³-hybridized carbons (Fsp3) is 0.433. The summed E-state index contributed by atoms with van der Waals surface area (Å²) in [6.07, 6.45) is 7.73. The Hall–Kier alpha value is -4.10. The van der Waals surface area contributed by atoms with E-state index in [4.69, 9.17) is 4.74 Å². The van der Waals surface area contributed by atoms with E-state index < -0.39 is 17.1 Å². The first-order chi connectivity index (χ1) is 19.4. The molecule has 2 aliphatic heterocycles. The van der Waals surface area contributed by atoms with Gasteiger partial charge < -0.3 is 15.0 Å². The molecule has 2 saturated heterocycles. The molecule has 3 aliphatic rings. The third-order valence-corrected chi connectivity index (χ3v) is 8.22. The number of nitrogens with zero attached hydrogens (tertiary/aromatic N) is 5. The smallest absolute Gasteiger partial charge is 0.270 e. The van der Waals surface area contributed by atoms with Crippen molar-refractivity contribution < 1.29 is 18.7 Å². The number of hydrogen-bond donors (Lipinski definition) is 1. The Kier molecular flexibility index (Phi) is 6.84. The van der Waals surface area contributed by atoms with E-state index >= 15 is 0 Å². The van der Waals surface area contributed by atoms with Gasteiger partial charge in [0.15, 0.2) is 0 Å². The van der Waals surface area contributed by atoms with Gasteiger partial charge in [0, 0.05) is 49.4 Å². The number of anilines is 1. The lowest BCUT2D eigenvalue weighted by Gasteiger charge is -2.22. The van der Waals surface area contributed by atoms with Crippen LogP contribution in [0.4, 0.5) is 10.1 Å². The van der Waals surface area contributed by atoms with Crippen molar-refractivity contribution in [3.8, 4) is 17.2 Å². The number of benzene rings is 1. The summed E-state index contributed by atoms with van der Waals surface area (Å²) in [5.41, 5.74) is 2.45. The number of amides is 2. The molecule has 0 radical (unpaired) electrons. The van der Waals surface area contributed by atoms with Crippen LogP contribution in [-0.2, 0) is 16.1 Å². The minimum atomic E-state index is -0.962. The van der Waals surface area contributed by atoms with Gasteiger partial charge in [-0.2, -0.15) is 10.4 Å². The van der Waals surface area contributed by atoms with E-state index in [1.165, 1.54) is 12.1 Å². The first kappa shape index (κ1) is 26.1. The van der Waals surface area contributed by atoms with Gasteiger partial charge >= 0.3 is 0 Å². The monoisotopic (exact) mass is 542 g/mol. The number of ether oxygens (including phenoxy) is 1. The molecular weight excluding hydrogens is 511 g/mol. The molecule has 0 spiro atoms. The SMILES string of the molecule is Cc1cc(N2CC[C@@](C#N)(C3CC3)C2=O)cc(C(=O)NCc2cc(F)cc(-c3cnn(C4CCOCC4)c3)c2)n1. The van der Waals surface area contributed by atoms with Crippen LogP contribution in [0.25, 0.3) is 11.1 Å². The van der Waals surface area contributed by atoms with Gasteiger partial charge in [-0.15, -0.1) is 0 Å². The predicted octanol–water partition coefficient (Wildman–Crippen LogP) is 4.33. The van der Waals surface area contributed by atoms with Gasteiger partial charge in [-0.25, -0.2) is 9.37 Å². The van der Waals surface area contributed by atoms with Crippen molar-refractivity contribution >= 4 is 17.5 Å². The Morgan fingerprint density at radius 3 is 2.73 bits per heavy atom. The largest absolute Gasteiger partial charge is 0.381 e. The molecule has 0 bridgehead atoms. The summed E-state index contributed by atoms with van der Waals surface area (Å²) in [6, 6.07) is 10.6. The van der Waals surface area contributed by atoms with Crippen molar-refractivity contribution in [2.45, 2.75) is 51.6 Å². The normalized spacial score (nSPS) is 21.4. The molecule has 1 N–H and O–H groups in total. The van der Waals surface area contributed by atoms with E-state index in [1.807, 2.05) is 16.9 Å². The third kappa shape index (κ3) is 4.97. The summed E-state index contributed by atoms with van der Waals surface area (Å²) < 4.78 is 21.9. The van der Waals surface area contributed by atoms with Crippen molar-refractivity contribution in [2.75, 3.05) is 24.7 Å². The number of carbonyl (C=O) groups excluding carboxylic acids is 2. The van der Waals surface area contributed by atoms with E-state index in [0.717, 1.165) is 31.2 Å². The molecule has 10 heteroatoms. The molecule has 2 aromatic heterocycles. The van der Waals surface area contributed by atoms with Crippen LogP contribution in [0.15, 0.2) is 42.7 Å². The van der Waals surface area contributed by atoms with E-state index in [1.54, 1.807) is 30.2 Å². The molecule has 0 unspecified atom stereocenters. The Bertz CT molecular complexity index is 1500. The minimum absolute atomic E-state index is 0.102. The highest BCUT2D eigenvalue weighted by Gasteiger charge is 2.56. The molecule has 4 heterocycles. The summed E-state index contributed by atoms with van der Waals surface area (Å²) in [5.74, 6) is -0.904. The Morgan fingerprint density at radius 1 is 1.18 bits per heavy atom. The average molecular weight is 543 g/mol. The van der Waals surface area contributed by atoms with Crippen molar-refractivity contribution in [1.82, 2.24) is 20.1 Å². The van der Waals surface area contributed by atoms with E-state index in [-0.39, 0.29) is 30.1 Å². The lowest BCUT2D eigenvalue weighted by molar-refractivity contribution is -0.123. The Morgan fingerprint density at radius 2 is 1.98 bits per heavy atom. The molecule has 1 atom stereocenters. The first-order valence-corrected chi connectivity index (χ1v) is 13.8. The van der Waals surface area contributed by atoms with Crippen molar-refractivity contribution in [2.24, 2.45) is 11.3 Å². The standard InChI is InChI=1S/C30H31FN6O3/c1-19-10-26(36-7-6-30(18-32,29(36)39)23-2-3-23)14-27(35-19)28(38)33-15-20-11-21(13-24(31)12-20)22-16-34-37(17-22)25-4-8-40-9-5-25/h10-14,16-17,23,25H,2-9,15H2,1H3,(H,33,38)/t30-/m1/s1. The zero-order valence-corrected chi connectivity index (χ0v) is 22.4. The maximum atomic E-state index is 14.6. The minimum Gasteiger partial charge on any atom is -0.381 e. The van der Waals surface area contributed by atoms with Gasteiger partial charge in [-0.3, -0.25) is 14.3 Å². The molecule has 1 aromatic carbocycles. The number of nitriles is 1. The molecule has 206 valence electrons. The van der Waals surface area contributed by atoms with Crippen LogP contribution in [0, 0.1) is 35.4 Å². The van der Waals surface area contributed by atoms with Crippen LogP contribution >= 0.6 is 0 Å². The molecule has 1 saturated carbocycles. The van der Waals surface area contributed by atoms with Gasteiger partial charge in [-0.1, -0.05) is 0 Å². The molecule has 3 fully saturated rings. The van der Waals surface area contributed by atoms with Crippen LogP contribution in [0.5, 0.6) is 0 Å². The van der Waals surface area contributed by atoms with Crippen LogP contribution in [0.3, 0.4) is 0 Å². The van der Waals surface area contributed by atoms with Gasteiger partial charge in [0.2, 0.25) is 5.91 Å². The first-order valence-electron chi connectivity index (χ1n) is 13.8. The number of halogens is 1. The topological polar surface area (TPSA) is 113 Å². The van der Waals surface area contributed by atoms with Crippen molar-refractivity contribution in [1.29, 1.82) is 5.26 Å². The van der Waals surface area contributed by atoms with E-state index in [2.05, 4.69) is 21.5 Å². The number of pyridine rings is 1. The maximum Gasteiger partial charge on any atom is 0.270 e. The Balaban J connectivity index is 1.16. The van der Waals surface area contributed by atoms with Crippen LogP contribution < -0.4 is 10.2 Å². The summed E-state index contributed by atoms with van der Waals surface area (Å²) in [5, 5.41) is 17.1. The second-order valence-electron chi connectivity index (χ2n) is 11.0. The quantitative estimate of drug-likeness (QED) is 0.476. The number of rotatable bonds is 7. The number of nitrogens with one attached hydrogen (secondary N) is 1. The third-order valence-electron chi connectivity index (χ3n) is 8.22. The van der Waals surface area contributed by atoms with Crippen LogP contribution in [-0.4, -0.2) is 46.3 Å². The highest BCUT2D eigenvalue weighted by Crippen LogP contribution is 2.51. The molecule has 9 nitrogen and oxygen atoms in total. The number of aryl methyl sites for hydroxylation is 1. The second-order valence-corrected chi connectivity index (χ2v) is 11.0. The lowest BCUT2D eigenvalue weighted by Crippen LogP contribution is -2.35. The summed E-state index contributed by atoms with van der Waals surface area (Å²) in [4.78, 5) is 32.3. The van der Waals surface area contributed by atoms with Crippen molar-refractivity contribution in [3.63, 3.8) is 0 Å². The molecule has 40 heavy (non-hydrogen) atoms. The average Bonchev–Trinajstić information content (AvgIpc) is 3.59. The number of aromatic nitrogens is 3. The van der Waals surface area contributed by atoms with Gasteiger partial charge in [0.1, 0.15) is 16.9 Å². The molecular formula is C30H31FN6O3. The number of carbonyl (C=O) groups is 2. The maximum absolute atomic E-state index is 14.6. The summed E-state index contributed by atoms with van der Waals surface area (Å²) in [6.45, 7) is 3.71. The zero-order chi connectivity index (χ0) is 27.9. The Labute approximate surface area is 231 Å². The summed E-state index contributed by atoms with van der Waals surface area (Å²) in [7, 11) is 0. The van der Waals surface area contributed by atoms with Gasteiger partial charge in [-0.05, 0) is 86.4 Å². The zero-order valence-electron chi connectivity index (χ0n) is 22.4. The highest BCUT2D eigenvalue weighted by atomic mass is 19.1. The van der Waals surface area contributed by atoms with Gasteiger partial charge in [0.25, 0.3) is 5.91 Å². The lowest BCUT2D eigenvalue weighted by atomic mass is 9.83. The van der Waals surface area contributed by atoms with E-state index in [9.17, 15) is 19.2 Å². The molecule has 2 amide bonds. The van der Waals surface area contributed by atoms with Crippen LogP contribution in [0.1, 0.15) is 59.9 Å². The predicted molar refractivity (Wildman–Crippen MR) is 145 cm³/mol. The number of hydrogen-bond acceptors (Lipinski definition) is 6. The van der Waals surface area contributed by atoms with Crippen LogP contribution in [0.2, 0.25) is 0 Å². The fourth-order valence-corrected chi connectivity index (χ4v) is 5.88. The molecule has 6 rings (SSSR count). The second kappa shape index (κ2) is 10.5. The van der Waals surface area contributed by atoms with E-state index in [0.29, 0.717) is 48.7 Å². The molecule has 3 aromatic rings. The highest BCUT2D eigenvalue weighted by molar-refractivity contribution is 6.03.